The van der Waals surface area contributed by atoms with Crippen molar-refractivity contribution in [3.63, 3.8) is 0 Å². The summed E-state index contributed by atoms with van der Waals surface area (Å²) >= 11 is 0. The smallest absolute Gasteiger partial charge is 0.311 e. The van der Waals surface area contributed by atoms with Gasteiger partial charge in [-0.3, -0.25) is 14.9 Å². The number of carbonyl (C=O) groups is 1. The van der Waals surface area contributed by atoms with E-state index in [0.717, 1.165) is 25.7 Å². The van der Waals surface area contributed by atoms with Gasteiger partial charge < -0.3 is 10.2 Å². The van der Waals surface area contributed by atoms with E-state index in [2.05, 4.69) is 17.2 Å². The molecule has 0 bridgehead atoms. The Balaban J connectivity index is 2.04. The van der Waals surface area contributed by atoms with Gasteiger partial charge in [-0.05, 0) is 25.3 Å². The van der Waals surface area contributed by atoms with Crippen molar-refractivity contribution in [1.82, 2.24) is 10.3 Å². The summed E-state index contributed by atoms with van der Waals surface area (Å²) in [5, 5.41) is 14.1. The van der Waals surface area contributed by atoms with Crippen LogP contribution >= 0.6 is 0 Å². The van der Waals surface area contributed by atoms with Gasteiger partial charge in [-0.15, -0.1) is 0 Å². The first kappa shape index (κ1) is 16.2. The first-order valence-electron chi connectivity index (χ1n) is 7.75. The van der Waals surface area contributed by atoms with Gasteiger partial charge in [0.1, 0.15) is 0 Å². The number of rotatable bonds is 6. The van der Waals surface area contributed by atoms with Crippen LogP contribution in [0.25, 0.3) is 0 Å². The van der Waals surface area contributed by atoms with Gasteiger partial charge in [-0.25, -0.2) is 4.98 Å². The molecule has 0 aromatic carbocycles. The molecule has 0 saturated carbocycles. The molecule has 22 heavy (non-hydrogen) atoms. The first-order chi connectivity index (χ1) is 10.6. The van der Waals surface area contributed by atoms with Crippen LogP contribution in [-0.2, 0) is 4.79 Å². The molecule has 0 radical (unpaired) electrons. The summed E-state index contributed by atoms with van der Waals surface area (Å²) in [6.07, 6.45) is 5.20. The molecule has 1 unspecified atom stereocenters. The lowest BCUT2D eigenvalue weighted by Gasteiger charge is -2.32. The molecule has 1 aromatic rings. The molecule has 1 N–H and O–H groups in total. The largest absolute Gasteiger partial charge is 0.356 e. The van der Waals surface area contributed by atoms with Crippen LogP contribution in [0, 0.1) is 16.0 Å². The lowest BCUT2D eigenvalue weighted by Crippen LogP contribution is -2.43. The molecule has 1 saturated heterocycles. The average Bonchev–Trinajstić information content (AvgIpc) is 2.55. The van der Waals surface area contributed by atoms with Gasteiger partial charge in [0.05, 0.1) is 10.8 Å². The average molecular weight is 306 g/mol. The van der Waals surface area contributed by atoms with Gasteiger partial charge in [0.15, 0.2) is 0 Å². The zero-order chi connectivity index (χ0) is 15.9. The van der Waals surface area contributed by atoms with E-state index in [1.54, 1.807) is 12.3 Å². The van der Waals surface area contributed by atoms with E-state index in [0.29, 0.717) is 25.5 Å². The fourth-order valence-corrected chi connectivity index (χ4v) is 2.69. The van der Waals surface area contributed by atoms with Gasteiger partial charge in [-0.2, -0.15) is 0 Å². The van der Waals surface area contributed by atoms with Crippen molar-refractivity contribution in [2.24, 2.45) is 5.92 Å². The van der Waals surface area contributed by atoms with Crippen molar-refractivity contribution in [2.75, 3.05) is 24.5 Å². The van der Waals surface area contributed by atoms with Crippen LogP contribution in [0.15, 0.2) is 18.3 Å². The third-order valence-corrected chi connectivity index (χ3v) is 3.88. The van der Waals surface area contributed by atoms with Crippen molar-refractivity contribution in [2.45, 2.75) is 32.6 Å². The number of amides is 1. The summed E-state index contributed by atoms with van der Waals surface area (Å²) in [5.74, 6) is 0.266. The summed E-state index contributed by atoms with van der Waals surface area (Å²) in [7, 11) is 0. The van der Waals surface area contributed by atoms with Crippen LogP contribution in [0.4, 0.5) is 11.5 Å². The summed E-state index contributed by atoms with van der Waals surface area (Å²) in [5.41, 5.74) is -0.00505. The molecular formula is C15H22N4O3. The molecule has 7 nitrogen and oxygen atoms in total. The lowest BCUT2D eigenvalue weighted by molar-refractivity contribution is -0.384. The molecular weight excluding hydrogens is 284 g/mol. The van der Waals surface area contributed by atoms with Crippen molar-refractivity contribution in [3.8, 4) is 0 Å². The van der Waals surface area contributed by atoms with E-state index in [1.165, 1.54) is 6.07 Å². The molecule has 1 aromatic heterocycles. The van der Waals surface area contributed by atoms with Crippen LogP contribution in [0.1, 0.15) is 32.6 Å². The summed E-state index contributed by atoms with van der Waals surface area (Å²) in [6.45, 7) is 3.94. The van der Waals surface area contributed by atoms with E-state index >= 15 is 0 Å². The van der Waals surface area contributed by atoms with Crippen molar-refractivity contribution in [3.05, 3.63) is 28.4 Å². The number of nitro groups is 1. The molecule has 0 aliphatic carbocycles. The van der Waals surface area contributed by atoms with Gasteiger partial charge in [0.25, 0.3) is 0 Å². The van der Waals surface area contributed by atoms with Crippen LogP contribution in [0.5, 0.6) is 0 Å². The number of anilines is 1. The second kappa shape index (κ2) is 7.72. The zero-order valence-corrected chi connectivity index (χ0v) is 12.8. The Morgan fingerprint density at radius 3 is 3.14 bits per heavy atom. The number of piperidine rings is 1. The fraction of sp³-hybridized carbons (Fsp3) is 0.600. The van der Waals surface area contributed by atoms with Crippen LogP contribution in [0.3, 0.4) is 0 Å². The molecule has 0 spiro atoms. The monoisotopic (exact) mass is 306 g/mol. The highest BCUT2D eigenvalue weighted by Crippen LogP contribution is 2.29. The molecule has 2 rings (SSSR count). The van der Waals surface area contributed by atoms with Crippen molar-refractivity contribution in [1.29, 1.82) is 0 Å². The second-order valence-corrected chi connectivity index (χ2v) is 5.53. The standard InChI is InChI=1S/C15H22N4O3/c1-2-3-8-17-15(20)12-6-5-10-18(11-12)14-13(19(21)22)7-4-9-16-14/h4,7,9,12H,2-3,5-6,8,10-11H2,1H3,(H,17,20). The molecule has 120 valence electrons. The third kappa shape index (κ3) is 3.93. The molecule has 7 heteroatoms. The number of pyridine rings is 1. The number of nitrogens with zero attached hydrogens (tertiary/aromatic N) is 3. The zero-order valence-electron chi connectivity index (χ0n) is 12.8. The minimum absolute atomic E-state index is 0.00505. The van der Waals surface area contributed by atoms with E-state index in [-0.39, 0.29) is 17.5 Å². The fourth-order valence-electron chi connectivity index (χ4n) is 2.69. The Morgan fingerprint density at radius 1 is 1.59 bits per heavy atom. The van der Waals surface area contributed by atoms with Crippen LogP contribution in [-0.4, -0.2) is 35.4 Å². The van der Waals surface area contributed by atoms with E-state index in [1.807, 2.05) is 4.90 Å². The van der Waals surface area contributed by atoms with Crippen LogP contribution in [0.2, 0.25) is 0 Å². The summed E-state index contributed by atoms with van der Waals surface area (Å²) in [4.78, 5) is 28.9. The SMILES string of the molecule is CCCCNC(=O)C1CCCN(c2ncccc2[N+](=O)[O-])C1. The number of unbranched alkanes of at least 4 members (excludes halogenated alkanes) is 1. The molecule has 1 fully saturated rings. The van der Waals surface area contributed by atoms with Crippen molar-refractivity contribution < 1.29 is 9.72 Å². The maximum Gasteiger partial charge on any atom is 0.311 e. The predicted octanol–water partition coefficient (Wildman–Crippen LogP) is 2.12. The predicted molar refractivity (Wildman–Crippen MR) is 83.7 cm³/mol. The quantitative estimate of drug-likeness (QED) is 0.494. The molecule has 1 aliphatic heterocycles. The number of nitrogens with one attached hydrogen (secondary N) is 1. The molecule has 1 amide bonds. The van der Waals surface area contributed by atoms with Crippen LogP contribution < -0.4 is 10.2 Å². The summed E-state index contributed by atoms with van der Waals surface area (Å²) < 4.78 is 0. The third-order valence-electron chi connectivity index (χ3n) is 3.88. The van der Waals surface area contributed by atoms with Gasteiger partial charge in [0.2, 0.25) is 11.7 Å². The Bertz CT molecular complexity index is 535. The highest BCUT2D eigenvalue weighted by molar-refractivity contribution is 5.79. The lowest BCUT2D eigenvalue weighted by atomic mass is 9.97. The minimum atomic E-state index is -0.423. The van der Waals surface area contributed by atoms with Crippen molar-refractivity contribution >= 4 is 17.4 Å². The Morgan fingerprint density at radius 2 is 2.41 bits per heavy atom. The number of hydrogen-bond donors (Lipinski definition) is 1. The highest BCUT2D eigenvalue weighted by atomic mass is 16.6. The highest BCUT2D eigenvalue weighted by Gasteiger charge is 2.29. The number of carbonyl (C=O) groups excluding carboxylic acids is 1. The first-order valence-corrected chi connectivity index (χ1v) is 7.75. The van der Waals surface area contributed by atoms with Gasteiger partial charge in [0, 0.05) is 31.9 Å². The maximum atomic E-state index is 12.2. The number of aromatic nitrogens is 1. The molecule has 2 heterocycles. The summed E-state index contributed by atoms with van der Waals surface area (Å²) in [6, 6.07) is 3.01. The van der Waals surface area contributed by atoms with E-state index in [4.69, 9.17) is 0 Å². The van der Waals surface area contributed by atoms with Gasteiger partial charge >= 0.3 is 5.69 Å². The normalized spacial score (nSPS) is 18.0. The molecule has 1 aliphatic rings. The molecule has 1 atom stereocenters. The second-order valence-electron chi connectivity index (χ2n) is 5.53. The minimum Gasteiger partial charge on any atom is -0.356 e. The number of hydrogen-bond acceptors (Lipinski definition) is 5. The Hall–Kier alpha value is -2.18. The Kier molecular flexibility index (Phi) is 5.68. The Labute approximate surface area is 129 Å². The topological polar surface area (TPSA) is 88.4 Å². The van der Waals surface area contributed by atoms with E-state index in [9.17, 15) is 14.9 Å². The maximum absolute atomic E-state index is 12.2. The van der Waals surface area contributed by atoms with Gasteiger partial charge in [-0.1, -0.05) is 13.3 Å². The van der Waals surface area contributed by atoms with E-state index < -0.39 is 4.92 Å².